The van der Waals surface area contributed by atoms with Crippen LogP contribution in [0, 0.1) is 0 Å². The first-order chi connectivity index (χ1) is 6.74. The average molecular weight is 189 g/mol. The minimum absolute atomic E-state index is 0.461. The van der Waals surface area contributed by atoms with Crippen LogP contribution in [0.4, 0.5) is 0 Å². The van der Waals surface area contributed by atoms with Gasteiger partial charge in [-0.3, -0.25) is 4.98 Å². The van der Waals surface area contributed by atoms with Gasteiger partial charge in [0, 0.05) is 24.0 Å². The van der Waals surface area contributed by atoms with Crippen LogP contribution in [0.5, 0.6) is 0 Å². The zero-order chi connectivity index (χ0) is 10.1. The van der Waals surface area contributed by atoms with Crippen molar-refractivity contribution in [1.29, 1.82) is 0 Å². The second kappa shape index (κ2) is 3.42. The molecule has 3 nitrogen and oxygen atoms in total. The Labute approximate surface area is 83.3 Å². The molecule has 0 aliphatic carbocycles. The molecular formula is C11H15N3. The number of rotatable bonds is 2. The van der Waals surface area contributed by atoms with Gasteiger partial charge in [-0.15, -0.1) is 0 Å². The summed E-state index contributed by atoms with van der Waals surface area (Å²) in [6.45, 7) is 4.86. The van der Waals surface area contributed by atoms with E-state index in [-0.39, 0.29) is 0 Å². The summed E-state index contributed by atoms with van der Waals surface area (Å²) in [5, 5.41) is 0. The number of nitrogens with zero attached hydrogens (tertiary/aromatic N) is 1. The van der Waals surface area contributed by atoms with E-state index in [4.69, 9.17) is 5.73 Å². The molecule has 2 rings (SSSR count). The number of nitrogens with one attached hydrogen (secondary N) is 1. The number of H-pyrrole nitrogens is 1. The molecule has 0 aliphatic heterocycles. The van der Waals surface area contributed by atoms with Crippen LogP contribution < -0.4 is 5.73 Å². The van der Waals surface area contributed by atoms with Crippen LogP contribution in [0.25, 0.3) is 11.0 Å². The summed E-state index contributed by atoms with van der Waals surface area (Å²) in [7, 11) is 0. The normalized spacial score (nSPS) is 11.4. The van der Waals surface area contributed by atoms with Crippen LogP contribution in [0.3, 0.4) is 0 Å². The maximum atomic E-state index is 5.74. The van der Waals surface area contributed by atoms with Crippen LogP contribution >= 0.6 is 0 Å². The van der Waals surface area contributed by atoms with Gasteiger partial charge in [-0.2, -0.15) is 0 Å². The van der Waals surface area contributed by atoms with E-state index >= 15 is 0 Å². The summed E-state index contributed by atoms with van der Waals surface area (Å²) in [6, 6.07) is 3.97. The molecule has 0 aromatic carbocycles. The minimum Gasteiger partial charge on any atom is -0.357 e. The van der Waals surface area contributed by atoms with Crippen molar-refractivity contribution < 1.29 is 0 Å². The third-order valence-corrected chi connectivity index (χ3v) is 2.47. The highest BCUT2D eigenvalue weighted by atomic mass is 14.8. The molecule has 0 aliphatic rings. The van der Waals surface area contributed by atoms with Crippen LogP contribution in [0.15, 0.2) is 18.3 Å². The fourth-order valence-electron chi connectivity index (χ4n) is 1.79. The molecule has 2 aromatic heterocycles. The zero-order valence-electron chi connectivity index (χ0n) is 8.54. The van der Waals surface area contributed by atoms with Gasteiger partial charge in [0.1, 0.15) is 0 Å². The highest BCUT2D eigenvalue weighted by molar-refractivity contribution is 5.80. The summed E-state index contributed by atoms with van der Waals surface area (Å²) in [6.07, 6.45) is 1.80. The van der Waals surface area contributed by atoms with Crippen molar-refractivity contribution in [3.8, 4) is 0 Å². The lowest BCUT2D eigenvalue weighted by Crippen LogP contribution is -2.01. The largest absolute Gasteiger partial charge is 0.357 e. The smallest absolute Gasteiger partial charge is 0.0926 e. The molecule has 0 radical (unpaired) electrons. The Morgan fingerprint density at radius 1 is 1.50 bits per heavy atom. The van der Waals surface area contributed by atoms with E-state index in [1.807, 2.05) is 12.1 Å². The number of fused-ring (bicyclic) bond motifs is 1. The van der Waals surface area contributed by atoms with Crippen molar-refractivity contribution in [2.75, 3.05) is 0 Å². The summed E-state index contributed by atoms with van der Waals surface area (Å²) in [5.41, 5.74) is 10.2. The Morgan fingerprint density at radius 3 is 2.93 bits per heavy atom. The Morgan fingerprint density at radius 2 is 2.29 bits per heavy atom. The summed E-state index contributed by atoms with van der Waals surface area (Å²) < 4.78 is 0. The SMILES string of the molecule is CC(C)c1[nH]c2cccnc2c1CN. The molecule has 0 spiro atoms. The lowest BCUT2D eigenvalue weighted by atomic mass is 10.1. The molecule has 3 heteroatoms. The number of aromatic amines is 1. The van der Waals surface area contributed by atoms with E-state index < -0.39 is 0 Å². The van der Waals surface area contributed by atoms with Gasteiger partial charge in [0.05, 0.1) is 11.0 Å². The van der Waals surface area contributed by atoms with E-state index in [1.165, 1.54) is 5.69 Å². The summed E-state index contributed by atoms with van der Waals surface area (Å²) >= 11 is 0. The molecule has 0 unspecified atom stereocenters. The third kappa shape index (κ3) is 1.30. The first-order valence-corrected chi connectivity index (χ1v) is 4.89. The van der Waals surface area contributed by atoms with E-state index in [1.54, 1.807) is 6.20 Å². The van der Waals surface area contributed by atoms with Crippen LogP contribution in [0.1, 0.15) is 31.0 Å². The lowest BCUT2D eigenvalue weighted by Gasteiger charge is -2.04. The standard InChI is InChI=1S/C11H15N3/c1-7(2)10-8(6-12)11-9(14-10)4-3-5-13-11/h3-5,7,14H,6,12H2,1-2H3. The maximum absolute atomic E-state index is 5.74. The van der Waals surface area contributed by atoms with Crippen molar-refractivity contribution in [2.45, 2.75) is 26.3 Å². The molecule has 0 atom stereocenters. The molecule has 0 bridgehead atoms. The third-order valence-electron chi connectivity index (χ3n) is 2.47. The highest BCUT2D eigenvalue weighted by Crippen LogP contribution is 2.25. The second-order valence-corrected chi connectivity index (χ2v) is 3.78. The topological polar surface area (TPSA) is 54.7 Å². The number of hydrogen-bond acceptors (Lipinski definition) is 2. The number of hydrogen-bond donors (Lipinski definition) is 2. The lowest BCUT2D eigenvalue weighted by molar-refractivity contribution is 0.814. The maximum Gasteiger partial charge on any atom is 0.0926 e. The van der Waals surface area contributed by atoms with E-state index in [9.17, 15) is 0 Å². The number of nitrogens with two attached hydrogens (primary N) is 1. The molecule has 74 valence electrons. The predicted octanol–water partition coefficient (Wildman–Crippen LogP) is 2.15. The van der Waals surface area contributed by atoms with Crippen molar-refractivity contribution in [3.05, 3.63) is 29.6 Å². The van der Waals surface area contributed by atoms with Crippen molar-refractivity contribution >= 4 is 11.0 Å². The second-order valence-electron chi connectivity index (χ2n) is 3.78. The molecular weight excluding hydrogens is 174 g/mol. The van der Waals surface area contributed by atoms with E-state index in [2.05, 4.69) is 23.8 Å². The summed E-state index contributed by atoms with van der Waals surface area (Å²) in [5.74, 6) is 0.461. The van der Waals surface area contributed by atoms with Crippen LogP contribution in [-0.2, 0) is 6.54 Å². The highest BCUT2D eigenvalue weighted by Gasteiger charge is 2.12. The minimum atomic E-state index is 0.461. The van der Waals surface area contributed by atoms with Gasteiger partial charge in [0.25, 0.3) is 0 Å². The Kier molecular flexibility index (Phi) is 2.25. The fraction of sp³-hybridized carbons (Fsp3) is 0.364. The molecule has 0 fully saturated rings. The van der Waals surface area contributed by atoms with E-state index in [0.717, 1.165) is 16.6 Å². The molecule has 0 amide bonds. The summed E-state index contributed by atoms with van der Waals surface area (Å²) in [4.78, 5) is 7.72. The number of pyridine rings is 1. The monoisotopic (exact) mass is 189 g/mol. The number of aromatic nitrogens is 2. The van der Waals surface area contributed by atoms with Crippen LogP contribution in [-0.4, -0.2) is 9.97 Å². The zero-order valence-corrected chi connectivity index (χ0v) is 8.54. The predicted molar refractivity (Wildman–Crippen MR) is 58.1 cm³/mol. The first kappa shape index (κ1) is 9.21. The van der Waals surface area contributed by atoms with Gasteiger partial charge in [-0.25, -0.2) is 0 Å². The van der Waals surface area contributed by atoms with Crippen molar-refractivity contribution in [1.82, 2.24) is 9.97 Å². The molecule has 0 saturated heterocycles. The average Bonchev–Trinajstić information content (AvgIpc) is 2.56. The van der Waals surface area contributed by atoms with E-state index in [0.29, 0.717) is 12.5 Å². The van der Waals surface area contributed by atoms with Gasteiger partial charge >= 0.3 is 0 Å². The molecule has 0 saturated carbocycles. The Balaban J connectivity index is 2.72. The molecule has 2 heterocycles. The molecule has 2 aromatic rings. The quantitative estimate of drug-likeness (QED) is 0.760. The van der Waals surface area contributed by atoms with Crippen molar-refractivity contribution in [2.24, 2.45) is 5.73 Å². The fourth-order valence-corrected chi connectivity index (χ4v) is 1.79. The Hall–Kier alpha value is -1.35. The molecule has 14 heavy (non-hydrogen) atoms. The molecule has 3 N–H and O–H groups in total. The van der Waals surface area contributed by atoms with Gasteiger partial charge in [0.15, 0.2) is 0 Å². The van der Waals surface area contributed by atoms with Crippen molar-refractivity contribution in [3.63, 3.8) is 0 Å². The van der Waals surface area contributed by atoms with Gasteiger partial charge < -0.3 is 10.7 Å². The Bertz CT molecular complexity index is 443. The van der Waals surface area contributed by atoms with Crippen LogP contribution in [0.2, 0.25) is 0 Å². The van der Waals surface area contributed by atoms with Gasteiger partial charge in [0.2, 0.25) is 0 Å². The first-order valence-electron chi connectivity index (χ1n) is 4.89. The van der Waals surface area contributed by atoms with Gasteiger partial charge in [-0.1, -0.05) is 13.8 Å². The van der Waals surface area contributed by atoms with Gasteiger partial charge in [-0.05, 0) is 18.1 Å².